The minimum absolute atomic E-state index is 0.0197. The van der Waals surface area contributed by atoms with Crippen LogP contribution in [0.1, 0.15) is 17.0 Å². The lowest BCUT2D eigenvalue weighted by atomic mass is 10.2. The molecule has 2 aromatic rings. The zero-order chi connectivity index (χ0) is 15.8. The Morgan fingerprint density at radius 3 is 2.52 bits per heavy atom. The first kappa shape index (κ1) is 16.3. The van der Waals surface area contributed by atoms with Gasteiger partial charge in [0.1, 0.15) is 4.90 Å². The molecule has 0 unspecified atom stereocenters. The molecule has 21 heavy (non-hydrogen) atoms. The van der Waals surface area contributed by atoms with Crippen molar-refractivity contribution in [3.05, 3.63) is 45.2 Å². The topological polar surface area (TPSA) is 64.0 Å². The molecule has 1 heterocycles. The van der Waals surface area contributed by atoms with Crippen LogP contribution in [-0.4, -0.2) is 18.2 Å². The predicted octanol–water partition coefficient (Wildman–Crippen LogP) is 2.82. The van der Waals surface area contributed by atoms with E-state index in [4.69, 9.17) is 23.2 Å². The van der Waals surface area contributed by atoms with Crippen LogP contribution < -0.4 is 4.72 Å². The molecule has 0 spiro atoms. The Kier molecular flexibility index (Phi) is 4.63. The lowest BCUT2D eigenvalue weighted by Gasteiger charge is -2.09. The summed E-state index contributed by atoms with van der Waals surface area (Å²) in [5, 5.41) is 4.47. The normalized spacial score (nSPS) is 11.9. The molecule has 5 nitrogen and oxygen atoms in total. The van der Waals surface area contributed by atoms with E-state index in [2.05, 4.69) is 9.82 Å². The second kappa shape index (κ2) is 5.96. The van der Waals surface area contributed by atoms with E-state index in [0.717, 1.165) is 17.0 Å². The summed E-state index contributed by atoms with van der Waals surface area (Å²) in [6.45, 7) is 3.87. The van der Waals surface area contributed by atoms with Gasteiger partial charge in [-0.25, -0.2) is 13.1 Å². The lowest BCUT2D eigenvalue weighted by Crippen LogP contribution is -2.24. The molecule has 0 amide bonds. The molecule has 0 radical (unpaired) electrons. The second-order valence-corrected chi connectivity index (χ2v) is 7.17. The highest BCUT2D eigenvalue weighted by Gasteiger charge is 2.20. The van der Waals surface area contributed by atoms with Crippen LogP contribution in [0.2, 0.25) is 10.0 Å². The molecule has 0 saturated carbocycles. The van der Waals surface area contributed by atoms with Crippen LogP contribution in [0, 0.1) is 13.8 Å². The standard InChI is InChI=1S/C13H15Cl2N3O2S/c1-8-10(9(2)18(3)17-8)7-16-21(19,20)12-6-4-5-11(14)13(12)15/h4-6,16H,7H2,1-3H3. The zero-order valence-electron chi connectivity index (χ0n) is 11.8. The third-order valence-corrected chi connectivity index (χ3v) is 5.68. The van der Waals surface area contributed by atoms with Gasteiger partial charge in [-0.2, -0.15) is 5.10 Å². The number of hydrogen-bond donors (Lipinski definition) is 1. The average Bonchev–Trinajstić information content (AvgIpc) is 2.64. The van der Waals surface area contributed by atoms with Crippen LogP contribution in [0.3, 0.4) is 0 Å². The molecule has 8 heteroatoms. The molecule has 0 saturated heterocycles. The van der Waals surface area contributed by atoms with Gasteiger partial charge < -0.3 is 0 Å². The first-order valence-electron chi connectivity index (χ1n) is 6.17. The van der Waals surface area contributed by atoms with Crippen molar-refractivity contribution < 1.29 is 8.42 Å². The highest BCUT2D eigenvalue weighted by Crippen LogP contribution is 2.29. The Hall–Kier alpha value is -1.08. The van der Waals surface area contributed by atoms with Gasteiger partial charge in [-0.3, -0.25) is 4.68 Å². The fraction of sp³-hybridized carbons (Fsp3) is 0.308. The van der Waals surface area contributed by atoms with E-state index in [1.54, 1.807) is 16.8 Å². The molecule has 0 fully saturated rings. The third-order valence-electron chi connectivity index (χ3n) is 3.30. The Bertz CT molecular complexity index is 785. The van der Waals surface area contributed by atoms with Gasteiger partial charge >= 0.3 is 0 Å². The second-order valence-electron chi connectivity index (χ2n) is 4.65. The molecule has 114 valence electrons. The highest BCUT2D eigenvalue weighted by molar-refractivity contribution is 7.89. The van der Waals surface area contributed by atoms with Crippen LogP contribution in [0.15, 0.2) is 23.1 Å². The van der Waals surface area contributed by atoms with Gasteiger partial charge in [0.2, 0.25) is 10.0 Å². The minimum atomic E-state index is -3.74. The number of aryl methyl sites for hydroxylation is 2. The van der Waals surface area contributed by atoms with Crippen LogP contribution in [0.5, 0.6) is 0 Å². The SMILES string of the molecule is Cc1nn(C)c(C)c1CNS(=O)(=O)c1cccc(Cl)c1Cl. The molecular formula is C13H15Cl2N3O2S. The van der Waals surface area contributed by atoms with Crippen molar-refractivity contribution in [2.75, 3.05) is 0 Å². The number of rotatable bonds is 4. The Morgan fingerprint density at radius 2 is 1.95 bits per heavy atom. The smallest absolute Gasteiger partial charge is 0.242 e. The number of nitrogens with one attached hydrogen (secondary N) is 1. The molecular weight excluding hydrogens is 333 g/mol. The van der Waals surface area contributed by atoms with E-state index in [1.807, 2.05) is 20.9 Å². The molecule has 0 atom stereocenters. The van der Waals surface area contributed by atoms with Crippen molar-refractivity contribution in [1.29, 1.82) is 0 Å². The molecule has 1 aromatic carbocycles. The quantitative estimate of drug-likeness (QED) is 0.924. The number of sulfonamides is 1. The van der Waals surface area contributed by atoms with Crippen molar-refractivity contribution in [2.24, 2.45) is 7.05 Å². The molecule has 1 N–H and O–H groups in total. The van der Waals surface area contributed by atoms with E-state index in [0.29, 0.717) is 0 Å². The maximum absolute atomic E-state index is 12.3. The lowest BCUT2D eigenvalue weighted by molar-refractivity contribution is 0.581. The average molecular weight is 348 g/mol. The fourth-order valence-corrected chi connectivity index (χ4v) is 3.76. The zero-order valence-corrected chi connectivity index (χ0v) is 14.1. The number of halogens is 2. The maximum atomic E-state index is 12.3. The Morgan fingerprint density at radius 1 is 1.29 bits per heavy atom. The van der Waals surface area contributed by atoms with Gasteiger partial charge in [-0.15, -0.1) is 0 Å². The number of hydrogen-bond acceptors (Lipinski definition) is 3. The van der Waals surface area contributed by atoms with Crippen LogP contribution >= 0.6 is 23.2 Å². The monoisotopic (exact) mass is 347 g/mol. The van der Waals surface area contributed by atoms with Gasteiger partial charge in [0.05, 0.1) is 15.7 Å². The molecule has 1 aromatic heterocycles. The third kappa shape index (κ3) is 3.23. The summed E-state index contributed by atoms with van der Waals surface area (Å²) in [7, 11) is -1.93. The summed E-state index contributed by atoms with van der Waals surface area (Å²) < 4.78 is 28.9. The Balaban J connectivity index is 2.28. The summed E-state index contributed by atoms with van der Waals surface area (Å²) in [6.07, 6.45) is 0. The first-order chi connectivity index (χ1) is 9.74. The number of aromatic nitrogens is 2. The van der Waals surface area contributed by atoms with Crippen LogP contribution in [-0.2, 0) is 23.6 Å². The van der Waals surface area contributed by atoms with E-state index < -0.39 is 10.0 Å². The summed E-state index contributed by atoms with van der Waals surface area (Å²) in [4.78, 5) is -0.0316. The van der Waals surface area contributed by atoms with E-state index in [1.165, 1.54) is 6.07 Å². The largest absolute Gasteiger partial charge is 0.272 e. The first-order valence-corrected chi connectivity index (χ1v) is 8.40. The molecule has 0 aliphatic rings. The van der Waals surface area contributed by atoms with Crippen LogP contribution in [0.25, 0.3) is 0 Å². The summed E-state index contributed by atoms with van der Waals surface area (Å²) in [5.41, 5.74) is 2.54. The van der Waals surface area contributed by atoms with Crippen molar-refractivity contribution in [2.45, 2.75) is 25.3 Å². The van der Waals surface area contributed by atoms with Gasteiger partial charge in [-0.1, -0.05) is 29.3 Å². The number of benzene rings is 1. The van der Waals surface area contributed by atoms with Crippen molar-refractivity contribution >= 4 is 33.2 Å². The highest BCUT2D eigenvalue weighted by atomic mass is 35.5. The van der Waals surface area contributed by atoms with Gasteiger partial charge in [0.15, 0.2) is 0 Å². The van der Waals surface area contributed by atoms with Crippen molar-refractivity contribution in [3.8, 4) is 0 Å². The van der Waals surface area contributed by atoms with E-state index in [-0.39, 0.29) is 21.5 Å². The molecule has 2 rings (SSSR count). The fourth-order valence-electron chi connectivity index (χ4n) is 2.01. The molecule has 0 bridgehead atoms. The summed E-state index contributed by atoms with van der Waals surface area (Å²) in [5.74, 6) is 0. The Labute approximate surface area is 133 Å². The molecule has 0 aliphatic carbocycles. The van der Waals surface area contributed by atoms with Crippen molar-refractivity contribution in [3.63, 3.8) is 0 Å². The molecule has 0 aliphatic heterocycles. The predicted molar refractivity (Wildman–Crippen MR) is 83.2 cm³/mol. The van der Waals surface area contributed by atoms with Gasteiger partial charge in [0, 0.05) is 24.8 Å². The van der Waals surface area contributed by atoms with Gasteiger partial charge in [-0.05, 0) is 26.0 Å². The maximum Gasteiger partial charge on any atom is 0.242 e. The van der Waals surface area contributed by atoms with Gasteiger partial charge in [0.25, 0.3) is 0 Å². The minimum Gasteiger partial charge on any atom is -0.272 e. The number of nitrogens with zero attached hydrogens (tertiary/aromatic N) is 2. The van der Waals surface area contributed by atoms with Crippen molar-refractivity contribution in [1.82, 2.24) is 14.5 Å². The van der Waals surface area contributed by atoms with E-state index in [9.17, 15) is 8.42 Å². The summed E-state index contributed by atoms with van der Waals surface area (Å²) >= 11 is 11.8. The summed E-state index contributed by atoms with van der Waals surface area (Å²) in [6, 6.07) is 4.50. The van der Waals surface area contributed by atoms with Crippen LogP contribution in [0.4, 0.5) is 0 Å². The van der Waals surface area contributed by atoms with E-state index >= 15 is 0 Å².